The minimum absolute atomic E-state index is 0.293. The van der Waals surface area contributed by atoms with Gasteiger partial charge in [-0.15, -0.1) is 0 Å². The van der Waals surface area contributed by atoms with Gasteiger partial charge in [0, 0.05) is 31.8 Å². The lowest BCUT2D eigenvalue weighted by atomic mass is 10.0. The van der Waals surface area contributed by atoms with Crippen LogP contribution in [0.5, 0.6) is 0 Å². The number of rotatable bonds is 8. The summed E-state index contributed by atoms with van der Waals surface area (Å²) in [6.45, 7) is 6.45. The number of benzene rings is 1. The van der Waals surface area contributed by atoms with E-state index in [1.807, 2.05) is 0 Å². The largest absolute Gasteiger partial charge is 0.383 e. The minimum Gasteiger partial charge on any atom is -0.383 e. The van der Waals surface area contributed by atoms with E-state index in [0.717, 1.165) is 19.2 Å². The van der Waals surface area contributed by atoms with Gasteiger partial charge in [0.25, 0.3) is 0 Å². The molecular formula is C15H24F2N2O. The van der Waals surface area contributed by atoms with Gasteiger partial charge in [0.1, 0.15) is 11.6 Å². The molecule has 0 saturated carbocycles. The molecule has 114 valence electrons. The Kier molecular flexibility index (Phi) is 7.05. The summed E-state index contributed by atoms with van der Waals surface area (Å²) in [5.41, 5.74) is 6.52. The number of nitrogens with zero attached hydrogens (tertiary/aromatic N) is 1. The average molecular weight is 286 g/mol. The van der Waals surface area contributed by atoms with Gasteiger partial charge >= 0.3 is 0 Å². The van der Waals surface area contributed by atoms with E-state index in [-0.39, 0.29) is 6.04 Å². The normalized spacial score (nSPS) is 14.6. The minimum atomic E-state index is -0.587. The summed E-state index contributed by atoms with van der Waals surface area (Å²) in [7, 11) is 1.67. The first-order valence-corrected chi connectivity index (χ1v) is 6.92. The highest BCUT2D eigenvalue weighted by atomic mass is 19.1. The van der Waals surface area contributed by atoms with Crippen LogP contribution in [0.15, 0.2) is 18.2 Å². The summed E-state index contributed by atoms with van der Waals surface area (Å²) in [5, 5.41) is 0. The topological polar surface area (TPSA) is 38.5 Å². The lowest BCUT2D eigenvalue weighted by molar-refractivity contribution is 0.101. The van der Waals surface area contributed by atoms with Gasteiger partial charge in [0.05, 0.1) is 6.61 Å². The van der Waals surface area contributed by atoms with E-state index < -0.39 is 11.6 Å². The van der Waals surface area contributed by atoms with Crippen LogP contribution >= 0.6 is 0 Å². The van der Waals surface area contributed by atoms with E-state index in [2.05, 4.69) is 18.7 Å². The van der Waals surface area contributed by atoms with Crippen LogP contribution in [-0.2, 0) is 4.74 Å². The number of hydrogen-bond acceptors (Lipinski definition) is 3. The second-order valence-electron chi connectivity index (χ2n) is 5.03. The van der Waals surface area contributed by atoms with Crippen molar-refractivity contribution in [1.82, 2.24) is 4.90 Å². The maximum atomic E-state index is 13.2. The van der Waals surface area contributed by atoms with Crippen molar-refractivity contribution in [1.29, 1.82) is 0 Å². The van der Waals surface area contributed by atoms with Crippen molar-refractivity contribution >= 4 is 0 Å². The van der Waals surface area contributed by atoms with Gasteiger partial charge in [0.15, 0.2) is 0 Å². The number of methoxy groups -OCH3 is 1. The first kappa shape index (κ1) is 17.0. The molecule has 3 nitrogen and oxygen atoms in total. The quantitative estimate of drug-likeness (QED) is 0.798. The van der Waals surface area contributed by atoms with Crippen molar-refractivity contribution in [2.24, 2.45) is 5.73 Å². The van der Waals surface area contributed by atoms with Crippen molar-refractivity contribution in [3.8, 4) is 0 Å². The van der Waals surface area contributed by atoms with Crippen molar-refractivity contribution in [2.75, 3.05) is 26.8 Å². The Balaban J connectivity index is 2.58. The van der Waals surface area contributed by atoms with Crippen LogP contribution in [0.2, 0.25) is 0 Å². The molecule has 1 aromatic rings. The SMILES string of the molecule is CCN(CCC(N)c1cc(F)cc(F)c1)C(C)COC. The molecule has 2 N–H and O–H groups in total. The fourth-order valence-corrected chi connectivity index (χ4v) is 2.30. The van der Waals surface area contributed by atoms with Crippen molar-refractivity contribution in [3.05, 3.63) is 35.4 Å². The summed E-state index contributed by atoms with van der Waals surface area (Å²) in [6.07, 6.45) is 0.644. The molecule has 0 amide bonds. The molecule has 0 spiro atoms. The summed E-state index contributed by atoms with van der Waals surface area (Å²) >= 11 is 0. The van der Waals surface area contributed by atoms with Crippen molar-refractivity contribution < 1.29 is 13.5 Å². The van der Waals surface area contributed by atoms with E-state index in [9.17, 15) is 8.78 Å². The second-order valence-corrected chi connectivity index (χ2v) is 5.03. The molecule has 0 aliphatic heterocycles. The number of likely N-dealkylation sites (N-methyl/N-ethyl adjacent to an activating group) is 1. The Morgan fingerprint density at radius 2 is 1.85 bits per heavy atom. The predicted octanol–water partition coefficient (Wildman–Crippen LogP) is 2.71. The zero-order valence-corrected chi connectivity index (χ0v) is 12.4. The van der Waals surface area contributed by atoms with Gasteiger partial charge in [-0.25, -0.2) is 8.78 Å². The molecule has 2 atom stereocenters. The summed E-state index contributed by atoms with van der Waals surface area (Å²) in [4.78, 5) is 2.24. The molecule has 20 heavy (non-hydrogen) atoms. The molecule has 0 aromatic heterocycles. The van der Waals surface area contributed by atoms with E-state index in [4.69, 9.17) is 10.5 Å². The molecule has 2 unspecified atom stereocenters. The molecule has 0 bridgehead atoms. The molecule has 0 heterocycles. The highest BCUT2D eigenvalue weighted by molar-refractivity contribution is 5.21. The van der Waals surface area contributed by atoms with Gasteiger partial charge in [-0.05, 0) is 37.6 Å². The number of hydrogen-bond donors (Lipinski definition) is 1. The third-order valence-electron chi connectivity index (χ3n) is 3.48. The van der Waals surface area contributed by atoms with Gasteiger partial charge in [0.2, 0.25) is 0 Å². The number of nitrogens with two attached hydrogens (primary N) is 1. The highest BCUT2D eigenvalue weighted by Crippen LogP contribution is 2.18. The molecular weight excluding hydrogens is 262 g/mol. The summed E-state index contributed by atoms with van der Waals surface area (Å²) < 4.78 is 31.5. The van der Waals surface area contributed by atoms with Crippen LogP contribution in [0.25, 0.3) is 0 Å². The van der Waals surface area contributed by atoms with E-state index >= 15 is 0 Å². The lowest BCUT2D eigenvalue weighted by Gasteiger charge is -2.28. The first-order chi connectivity index (χ1) is 9.47. The predicted molar refractivity (Wildman–Crippen MR) is 76.5 cm³/mol. The molecule has 5 heteroatoms. The maximum absolute atomic E-state index is 13.2. The zero-order valence-electron chi connectivity index (χ0n) is 12.4. The third kappa shape index (κ3) is 5.15. The Bertz CT molecular complexity index is 395. The Morgan fingerprint density at radius 1 is 1.25 bits per heavy atom. The third-order valence-corrected chi connectivity index (χ3v) is 3.48. The monoisotopic (exact) mass is 286 g/mol. The molecule has 1 aromatic carbocycles. The molecule has 0 fully saturated rings. The average Bonchev–Trinajstić information content (AvgIpc) is 2.38. The van der Waals surface area contributed by atoms with E-state index in [1.54, 1.807) is 7.11 Å². The van der Waals surface area contributed by atoms with Crippen LogP contribution in [0.4, 0.5) is 8.78 Å². The second kappa shape index (κ2) is 8.29. The van der Waals surface area contributed by atoms with E-state index in [0.29, 0.717) is 24.6 Å². The highest BCUT2D eigenvalue weighted by Gasteiger charge is 2.15. The Morgan fingerprint density at radius 3 is 2.35 bits per heavy atom. The Labute approximate surface area is 119 Å². The fourth-order valence-electron chi connectivity index (χ4n) is 2.30. The van der Waals surface area contributed by atoms with Crippen LogP contribution in [0.3, 0.4) is 0 Å². The summed E-state index contributed by atoms with van der Waals surface area (Å²) in [6, 6.07) is 3.37. The van der Waals surface area contributed by atoms with Gasteiger partial charge in [-0.2, -0.15) is 0 Å². The molecule has 0 saturated heterocycles. The van der Waals surface area contributed by atoms with Crippen LogP contribution in [-0.4, -0.2) is 37.7 Å². The smallest absolute Gasteiger partial charge is 0.126 e. The zero-order chi connectivity index (χ0) is 15.1. The standard InChI is InChI=1S/C15H24F2N2O/c1-4-19(11(2)10-20-3)6-5-15(18)12-7-13(16)9-14(17)8-12/h7-9,11,15H,4-6,10,18H2,1-3H3. The van der Waals surface area contributed by atoms with Gasteiger partial charge in [-0.3, -0.25) is 4.90 Å². The van der Waals surface area contributed by atoms with Crippen LogP contribution in [0, 0.1) is 11.6 Å². The number of halogens is 2. The van der Waals surface area contributed by atoms with Crippen molar-refractivity contribution in [2.45, 2.75) is 32.4 Å². The summed E-state index contributed by atoms with van der Waals surface area (Å²) in [5.74, 6) is -1.17. The maximum Gasteiger partial charge on any atom is 0.126 e. The van der Waals surface area contributed by atoms with Gasteiger partial charge in [-0.1, -0.05) is 6.92 Å². The van der Waals surface area contributed by atoms with Crippen LogP contribution < -0.4 is 5.73 Å². The lowest BCUT2D eigenvalue weighted by Crippen LogP contribution is -2.37. The molecule has 0 radical (unpaired) electrons. The van der Waals surface area contributed by atoms with Crippen molar-refractivity contribution in [3.63, 3.8) is 0 Å². The number of ether oxygens (including phenoxy) is 1. The molecule has 0 aliphatic rings. The Hall–Kier alpha value is -1.04. The first-order valence-electron chi connectivity index (χ1n) is 6.92. The van der Waals surface area contributed by atoms with Gasteiger partial charge < -0.3 is 10.5 Å². The fraction of sp³-hybridized carbons (Fsp3) is 0.600. The molecule has 1 rings (SSSR count). The molecule has 0 aliphatic carbocycles. The van der Waals surface area contributed by atoms with Crippen LogP contribution in [0.1, 0.15) is 31.9 Å². The van der Waals surface area contributed by atoms with E-state index in [1.165, 1.54) is 12.1 Å².